The molecule has 0 aliphatic carbocycles. The number of carbonyl (C=O) groups is 1. The van der Waals surface area contributed by atoms with Crippen LogP contribution in [0.1, 0.15) is 33.3 Å². The summed E-state index contributed by atoms with van der Waals surface area (Å²) in [5.41, 5.74) is 3.68. The first kappa shape index (κ1) is 22.1. The lowest BCUT2D eigenvalue weighted by Gasteiger charge is -2.25. The zero-order valence-electron chi connectivity index (χ0n) is 18.7. The fourth-order valence-corrected chi connectivity index (χ4v) is 6.41. The molecule has 5 nitrogen and oxygen atoms in total. The Hall–Kier alpha value is -2.74. The average molecular weight is 476 g/mol. The highest BCUT2D eigenvalue weighted by atomic mass is 32.2. The topological polar surface area (TPSA) is 55.2 Å². The highest BCUT2D eigenvalue weighted by Crippen LogP contribution is 2.34. The molecule has 0 saturated carbocycles. The van der Waals surface area contributed by atoms with Gasteiger partial charge in [0, 0.05) is 23.5 Å². The molecule has 2 aromatic heterocycles. The second-order valence-corrected chi connectivity index (χ2v) is 10.3. The van der Waals surface area contributed by atoms with E-state index in [2.05, 4.69) is 11.8 Å². The molecule has 0 amide bonds. The van der Waals surface area contributed by atoms with E-state index in [9.17, 15) is 9.59 Å². The quantitative estimate of drug-likeness (QED) is 0.220. The van der Waals surface area contributed by atoms with Gasteiger partial charge in [0.25, 0.3) is 5.56 Å². The average Bonchev–Trinajstić information content (AvgIpc) is 3.21. The highest BCUT2D eigenvalue weighted by Gasteiger charge is 2.25. The van der Waals surface area contributed by atoms with Gasteiger partial charge in [-0.3, -0.25) is 19.1 Å². The van der Waals surface area contributed by atoms with Crippen LogP contribution in [-0.4, -0.2) is 39.1 Å². The zero-order valence-corrected chi connectivity index (χ0v) is 20.3. The third-order valence-electron chi connectivity index (χ3n) is 6.09. The van der Waals surface area contributed by atoms with Crippen LogP contribution in [0.2, 0.25) is 0 Å². The van der Waals surface area contributed by atoms with Gasteiger partial charge in [-0.05, 0) is 37.6 Å². The summed E-state index contributed by atoms with van der Waals surface area (Å²) in [6, 6.07) is 17.2. The van der Waals surface area contributed by atoms with Crippen LogP contribution >= 0.6 is 23.1 Å². The van der Waals surface area contributed by atoms with Gasteiger partial charge in [0.15, 0.2) is 10.9 Å². The van der Waals surface area contributed by atoms with Crippen LogP contribution in [0.4, 0.5) is 0 Å². The van der Waals surface area contributed by atoms with Gasteiger partial charge in [0.1, 0.15) is 4.83 Å². The third-order valence-corrected chi connectivity index (χ3v) is 8.14. The molecule has 168 valence electrons. The van der Waals surface area contributed by atoms with Gasteiger partial charge in [0.2, 0.25) is 0 Å². The predicted octanol–water partition coefficient (Wildman–Crippen LogP) is 5.11. The molecular weight excluding hydrogens is 450 g/mol. The van der Waals surface area contributed by atoms with Crippen LogP contribution < -0.4 is 5.56 Å². The molecule has 0 saturated heterocycles. The number of rotatable bonds is 6. The molecule has 0 fully saturated rings. The van der Waals surface area contributed by atoms with Crippen molar-refractivity contribution in [2.45, 2.75) is 32.0 Å². The Morgan fingerprint density at radius 1 is 1.12 bits per heavy atom. The van der Waals surface area contributed by atoms with E-state index >= 15 is 0 Å². The van der Waals surface area contributed by atoms with Gasteiger partial charge in [-0.15, -0.1) is 11.3 Å². The third kappa shape index (κ3) is 4.28. The van der Waals surface area contributed by atoms with Gasteiger partial charge in [-0.1, -0.05) is 66.7 Å². The second-order valence-electron chi connectivity index (χ2n) is 8.25. The summed E-state index contributed by atoms with van der Waals surface area (Å²) in [4.78, 5) is 35.9. The normalized spacial score (nSPS) is 13.9. The fourth-order valence-electron chi connectivity index (χ4n) is 4.20. The van der Waals surface area contributed by atoms with Crippen molar-refractivity contribution < 1.29 is 4.79 Å². The Kier molecular flexibility index (Phi) is 6.19. The monoisotopic (exact) mass is 475 g/mol. The van der Waals surface area contributed by atoms with Gasteiger partial charge >= 0.3 is 0 Å². The molecule has 1 aliphatic heterocycles. The molecule has 0 bridgehead atoms. The summed E-state index contributed by atoms with van der Waals surface area (Å²) in [5, 5.41) is 1.30. The number of likely N-dealkylation sites (N-methyl/N-ethyl adjacent to an activating group) is 1. The van der Waals surface area contributed by atoms with E-state index in [1.807, 2.05) is 61.5 Å². The largest absolute Gasteiger partial charge is 0.298 e. The minimum absolute atomic E-state index is 0.0227. The van der Waals surface area contributed by atoms with Crippen molar-refractivity contribution in [1.29, 1.82) is 0 Å². The lowest BCUT2D eigenvalue weighted by Crippen LogP contribution is -2.30. The SMILES string of the molecule is CCN1CCc2c(sc3nc(SCC(=O)c4ccccc4)n(-c4ccc(C)cc4)c(=O)c23)C1. The van der Waals surface area contributed by atoms with Crippen molar-refractivity contribution in [3.05, 3.63) is 86.5 Å². The maximum Gasteiger partial charge on any atom is 0.267 e. The van der Waals surface area contributed by atoms with E-state index in [1.54, 1.807) is 15.9 Å². The summed E-state index contributed by atoms with van der Waals surface area (Å²) in [6.07, 6.45) is 0.868. The number of Topliss-reactive ketones (excluding diaryl/α,β-unsaturated/α-hetero) is 1. The minimum atomic E-state index is -0.0408. The van der Waals surface area contributed by atoms with Gasteiger partial charge < -0.3 is 0 Å². The maximum absolute atomic E-state index is 13.9. The van der Waals surface area contributed by atoms with Gasteiger partial charge in [-0.25, -0.2) is 4.98 Å². The molecule has 4 aromatic rings. The Morgan fingerprint density at radius 2 is 1.88 bits per heavy atom. The first-order valence-corrected chi connectivity index (χ1v) is 12.9. The molecule has 33 heavy (non-hydrogen) atoms. The molecule has 1 aliphatic rings. The number of hydrogen-bond acceptors (Lipinski definition) is 6. The highest BCUT2D eigenvalue weighted by molar-refractivity contribution is 7.99. The van der Waals surface area contributed by atoms with Crippen molar-refractivity contribution in [1.82, 2.24) is 14.5 Å². The molecule has 5 rings (SSSR count). The number of thiophene rings is 1. The van der Waals surface area contributed by atoms with Crippen LogP contribution in [0, 0.1) is 6.92 Å². The summed E-state index contributed by atoms with van der Waals surface area (Å²) in [6.45, 7) is 7.01. The summed E-state index contributed by atoms with van der Waals surface area (Å²) < 4.78 is 1.68. The summed E-state index contributed by atoms with van der Waals surface area (Å²) in [7, 11) is 0. The zero-order chi connectivity index (χ0) is 22.9. The number of aromatic nitrogens is 2. The van der Waals surface area contributed by atoms with Crippen molar-refractivity contribution in [2.75, 3.05) is 18.8 Å². The molecule has 0 unspecified atom stereocenters. The number of nitrogens with zero attached hydrogens (tertiary/aromatic N) is 3. The minimum Gasteiger partial charge on any atom is -0.298 e. The first-order valence-electron chi connectivity index (χ1n) is 11.1. The lowest BCUT2D eigenvalue weighted by molar-refractivity contribution is 0.102. The number of aryl methyl sites for hydroxylation is 1. The van der Waals surface area contributed by atoms with E-state index < -0.39 is 0 Å². The summed E-state index contributed by atoms with van der Waals surface area (Å²) in [5.74, 6) is 0.247. The Labute approximate surface area is 201 Å². The van der Waals surface area contributed by atoms with Crippen LogP contribution in [0.5, 0.6) is 0 Å². The van der Waals surface area contributed by atoms with Crippen molar-refractivity contribution in [3.8, 4) is 5.69 Å². The van der Waals surface area contributed by atoms with Gasteiger partial charge in [-0.2, -0.15) is 0 Å². The Bertz CT molecular complexity index is 1370. The van der Waals surface area contributed by atoms with Crippen molar-refractivity contribution >= 4 is 39.1 Å². The standard InChI is InChI=1S/C26H25N3O2S2/c1-3-28-14-13-20-22(15-28)33-24-23(20)25(31)29(19-11-9-17(2)10-12-19)26(27-24)32-16-21(30)18-7-5-4-6-8-18/h4-12H,3,13-16H2,1-2H3. The number of hydrogen-bond donors (Lipinski definition) is 0. The van der Waals surface area contributed by atoms with Crippen LogP contribution in [0.3, 0.4) is 0 Å². The van der Waals surface area contributed by atoms with E-state index in [1.165, 1.54) is 16.6 Å². The molecule has 0 N–H and O–H groups in total. The van der Waals surface area contributed by atoms with Crippen LogP contribution in [0.15, 0.2) is 64.5 Å². The van der Waals surface area contributed by atoms with Crippen molar-refractivity contribution in [3.63, 3.8) is 0 Å². The molecule has 2 aromatic carbocycles. The van der Waals surface area contributed by atoms with Crippen molar-refractivity contribution in [2.24, 2.45) is 0 Å². The number of carbonyl (C=O) groups excluding carboxylic acids is 1. The van der Waals surface area contributed by atoms with Crippen LogP contribution in [-0.2, 0) is 13.0 Å². The number of benzene rings is 2. The van der Waals surface area contributed by atoms with E-state index in [-0.39, 0.29) is 17.1 Å². The van der Waals surface area contributed by atoms with Gasteiger partial charge in [0.05, 0.1) is 16.8 Å². The number of fused-ring (bicyclic) bond motifs is 3. The van der Waals surface area contributed by atoms with E-state index in [0.717, 1.165) is 53.1 Å². The second kappa shape index (κ2) is 9.25. The molecule has 3 heterocycles. The molecule has 0 atom stereocenters. The fraction of sp³-hybridized carbons (Fsp3) is 0.269. The Balaban J connectivity index is 1.60. The molecule has 0 spiro atoms. The lowest BCUT2D eigenvalue weighted by atomic mass is 10.1. The predicted molar refractivity (Wildman–Crippen MR) is 136 cm³/mol. The maximum atomic E-state index is 13.9. The molecule has 7 heteroatoms. The van der Waals surface area contributed by atoms with Crippen LogP contribution in [0.25, 0.3) is 15.9 Å². The first-order chi connectivity index (χ1) is 16.0. The Morgan fingerprint density at radius 3 is 2.61 bits per heavy atom. The number of thioether (sulfide) groups is 1. The molecule has 0 radical (unpaired) electrons. The molecular formula is C26H25N3O2S2. The smallest absolute Gasteiger partial charge is 0.267 e. The number of ketones is 1. The van der Waals surface area contributed by atoms with E-state index in [0.29, 0.717) is 10.7 Å². The summed E-state index contributed by atoms with van der Waals surface area (Å²) >= 11 is 2.95. The van der Waals surface area contributed by atoms with E-state index in [4.69, 9.17) is 4.98 Å².